The number of nitrogens with one attached hydrogen (secondary N) is 2. The molecule has 9 nitrogen and oxygen atoms in total. The Morgan fingerprint density at radius 1 is 1.00 bits per heavy atom. The highest BCUT2D eigenvalue weighted by Crippen LogP contribution is 2.28. The molecule has 0 aliphatic heterocycles. The standard InChI is InChI=1S/C27H26FN5O4/c1-16-12-20(10-11-29-16)37-19-8-9-22(21(28)14-19)30-26(36)31-24-15-23(27(2,3)4)32-33(24)18-7-5-6-17(13-18)25(34)35/h5-15H,1-4H3,(H,34,35)(H2,30,31,36). The van der Waals surface area contributed by atoms with E-state index in [-0.39, 0.29) is 22.4 Å². The number of hydrogen-bond acceptors (Lipinski definition) is 5. The first-order valence-corrected chi connectivity index (χ1v) is 11.4. The number of carboxylic acid groups (broad SMARTS) is 1. The van der Waals surface area contributed by atoms with Gasteiger partial charge >= 0.3 is 12.0 Å². The van der Waals surface area contributed by atoms with Crippen LogP contribution in [-0.4, -0.2) is 31.9 Å². The third-order valence-electron chi connectivity index (χ3n) is 5.35. The summed E-state index contributed by atoms with van der Waals surface area (Å²) in [5.74, 6) is -0.699. The first-order valence-electron chi connectivity index (χ1n) is 11.4. The van der Waals surface area contributed by atoms with Gasteiger partial charge in [-0.15, -0.1) is 0 Å². The smallest absolute Gasteiger partial charge is 0.335 e. The van der Waals surface area contributed by atoms with Gasteiger partial charge in [-0.2, -0.15) is 5.10 Å². The van der Waals surface area contributed by atoms with E-state index in [0.717, 1.165) is 5.69 Å². The van der Waals surface area contributed by atoms with Crippen LogP contribution in [0.15, 0.2) is 66.9 Å². The lowest BCUT2D eigenvalue weighted by molar-refractivity contribution is 0.0696. The van der Waals surface area contributed by atoms with E-state index in [1.165, 1.54) is 35.0 Å². The summed E-state index contributed by atoms with van der Waals surface area (Å²) in [6, 6.07) is 14.7. The zero-order valence-electron chi connectivity index (χ0n) is 20.7. The molecule has 4 aromatic rings. The number of benzene rings is 2. The SMILES string of the molecule is Cc1cc(Oc2ccc(NC(=O)Nc3cc(C(C)(C)C)nn3-c3cccc(C(=O)O)c3)c(F)c2)ccn1. The highest BCUT2D eigenvalue weighted by atomic mass is 19.1. The molecule has 37 heavy (non-hydrogen) atoms. The predicted molar refractivity (Wildman–Crippen MR) is 137 cm³/mol. The molecule has 0 aliphatic carbocycles. The highest BCUT2D eigenvalue weighted by Gasteiger charge is 2.22. The van der Waals surface area contributed by atoms with Crippen molar-refractivity contribution in [2.24, 2.45) is 0 Å². The van der Waals surface area contributed by atoms with Gasteiger partial charge in [0.1, 0.15) is 23.1 Å². The summed E-state index contributed by atoms with van der Waals surface area (Å²) in [5, 5.41) is 19.1. The number of urea groups is 1. The fourth-order valence-electron chi connectivity index (χ4n) is 3.45. The minimum atomic E-state index is -1.08. The van der Waals surface area contributed by atoms with Crippen molar-refractivity contribution in [3.8, 4) is 17.2 Å². The predicted octanol–water partition coefficient (Wildman–Crippen LogP) is 6.15. The van der Waals surface area contributed by atoms with E-state index in [2.05, 4.69) is 20.7 Å². The number of ether oxygens (including phenoxy) is 1. The summed E-state index contributed by atoms with van der Waals surface area (Å²) < 4.78 is 21.8. The molecule has 4 rings (SSSR count). The molecule has 0 saturated carbocycles. The molecule has 0 radical (unpaired) electrons. The molecule has 0 atom stereocenters. The number of hydrogen-bond donors (Lipinski definition) is 3. The topological polar surface area (TPSA) is 118 Å². The molecule has 0 fully saturated rings. The van der Waals surface area contributed by atoms with Crippen molar-refractivity contribution >= 4 is 23.5 Å². The van der Waals surface area contributed by atoms with Crippen molar-refractivity contribution in [3.63, 3.8) is 0 Å². The maximum absolute atomic E-state index is 14.7. The Hall–Kier alpha value is -4.73. The summed E-state index contributed by atoms with van der Waals surface area (Å²) in [5.41, 5.74) is 1.55. The zero-order chi connectivity index (χ0) is 26.7. The fourth-order valence-corrected chi connectivity index (χ4v) is 3.45. The third kappa shape index (κ3) is 6.10. The maximum Gasteiger partial charge on any atom is 0.335 e. The van der Waals surface area contributed by atoms with Crippen LogP contribution in [0.1, 0.15) is 42.5 Å². The minimum absolute atomic E-state index is 0.0502. The fraction of sp³-hybridized carbons (Fsp3) is 0.185. The summed E-state index contributed by atoms with van der Waals surface area (Å²) in [6.07, 6.45) is 1.59. The van der Waals surface area contributed by atoms with Gasteiger partial charge in [0.25, 0.3) is 0 Å². The van der Waals surface area contributed by atoms with Crippen molar-refractivity contribution in [1.82, 2.24) is 14.8 Å². The minimum Gasteiger partial charge on any atom is -0.478 e. The Morgan fingerprint density at radius 3 is 2.43 bits per heavy atom. The number of halogens is 1. The third-order valence-corrected chi connectivity index (χ3v) is 5.35. The van der Waals surface area contributed by atoms with Crippen LogP contribution in [0.25, 0.3) is 5.69 Å². The van der Waals surface area contributed by atoms with E-state index in [1.54, 1.807) is 36.5 Å². The largest absolute Gasteiger partial charge is 0.478 e. The number of rotatable bonds is 6. The average molecular weight is 504 g/mol. The van der Waals surface area contributed by atoms with E-state index in [0.29, 0.717) is 22.9 Å². The monoisotopic (exact) mass is 503 g/mol. The number of anilines is 2. The second-order valence-electron chi connectivity index (χ2n) is 9.39. The van der Waals surface area contributed by atoms with Gasteiger partial charge in [0.05, 0.1) is 22.6 Å². The number of carbonyl (C=O) groups is 2. The molecule has 2 heterocycles. The van der Waals surface area contributed by atoms with E-state index in [9.17, 15) is 19.1 Å². The van der Waals surface area contributed by atoms with Crippen LogP contribution in [0, 0.1) is 12.7 Å². The van der Waals surface area contributed by atoms with Crippen LogP contribution in [0.4, 0.5) is 20.7 Å². The van der Waals surface area contributed by atoms with Gasteiger partial charge in [-0.1, -0.05) is 26.8 Å². The van der Waals surface area contributed by atoms with Crippen LogP contribution < -0.4 is 15.4 Å². The molecule has 0 spiro atoms. The lowest BCUT2D eigenvalue weighted by Gasteiger charge is -2.14. The van der Waals surface area contributed by atoms with E-state index in [1.807, 2.05) is 27.7 Å². The van der Waals surface area contributed by atoms with Crippen LogP contribution in [0.3, 0.4) is 0 Å². The van der Waals surface area contributed by atoms with Crippen LogP contribution >= 0.6 is 0 Å². The Kier molecular flexibility index (Phi) is 6.92. The lowest BCUT2D eigenvalue weighted by atomic mass is 9.92. The zero-order valence-corrected chi connectivity index (χ0v) is 20.7. The molecule has 0 unspecified atom stereocenters. The number of nitrogens with zero attached hydrogens (tertiary/aromatic N) is 3. The van der Waals surface area contributed by atoms with Gasteiger partial charge < -0.3 is 15.2 Å². The Balaban J connectivity index is 1.55. The molecule has 2 aromatic carbocycles. The first kappa shape index (κ1) is 25.4. The molecule has 0 bridgehead atoms. The molecular weight excluding hydrogens is 477 g/mol. The molecule has 10 heteroatoms. The molecule has 2 aromatic heterocycles. The number of aryl methyl sites for hydroxylation is 1. The summed E-state index contributed by atoms with van der Waals surface area (Å²) in [7, 11) is 0. The van der Waals surface area contributed by atoms with Gasteiger partial charge in [-0.25, -0.2) is 18.7 Å². The Morgan fingerprint density at radius 2 is 1.76 bits per heavy atom. The summed E-state index contributed by atoms with van der Waals surface area (Å²) >= 11 is 0. The Labute approximate surface area is 212 Å². The second kappa shape index (κ2) is 10.1. The quantitative estimate of drug-likeness (QED) is 0.291. The molecule has 0 saturated heterocycles. The second-order valence-corrected chi connectivity index (χ2v) is 9.39. The van der Waals surface area contributed by atoms with E-state index < -0.39 is 17.8 Å². The van der Waals surface area contributed by atoms with E-state index >= 15 is 0 Å². The van der Waals surface area contributed by atoms with Crippen molar-refractivity contribution < 1.29 is 23.8 Å². The molecule has 3 N–H and O–H groups in total. The number of amides is 2. The average Bonchev–Trinajstić information content (AvgIpc) is 3.25. The summed E-state index contributed by atoms with van der Waals surface area (Å²) in [6.45, 7) is 7.70. The van der Waals surface area contributed by atoms with Gasteiger partial charge in [-0.05, 0) is 43.3 Å². The highest BCUT2D eigenvalue weighted by molar-refractivity contribution is 5.99. The van der Waals surface area contributed by atoms with Crippen LogP contribution in [0.2, 0.25) is 0 Å². The van der Waals surface area contributed by atoms with Gasteiger partial charge in [0.2, 0.25) is 0 Å². The van der Waals surface area contributed by atoms with Gasteiger partial charge in [-0.3, -0.25) is 10.3 Å². The van der Waals surface area contributed by atoms with E-state index in [4.69, 9.17) is 4.74 Å². The van der Waals surface area contributed by atoms with Crippen LogP contribution in [-0.2, 0) is 5.41 Å². The molecule has 2 amide bonds. The number of carboxylic acids is 1. The normalized spacial score (nSPS) is 11.2. The number of carbonyl (C=O) groups excluding carboxylic acids is 1. The molecule has 190 valence electrons. The van der Waals surface area contributed by atoms with Crippen molar-refractivity contribution in [1.29, 1.82) is 0 Å². The lowest BCUT2D eigenvalue weighted by Crippen LogP contribution is -2.22. The van der Waals surface area contributed by atoms with Crippen LogP contribution in [0.5, 0.6) is 11.5 Å². The first-order chi connectivity index (χ1) is 17.5. The van der Waals surface area contributed by atoms with Gasteiger partial charge in [0, 0.05) is 35.5 Å². The van der Waals surface area contributed by atoms with Crippen molar-refractivity contribution in [2.75, 3.05) is 10.6 Å². The number of aromatic nitrogens is 3. The molecule has 0 aliphatic rings. The number of aromatic carboxylic acids is 1. The maximum atomic E-state index is 14.7. The molecular formula is C27H26FN5O4. The van der Waals surface area contributed by atoms with Crippen molar-refractivity contribution in [2.45, 2.75) is 33.1 Å². The Bertz CT molecular complexity index is 1480. The van der Waals surface area contributed by atoms with Gasteiger partial charge in [0.15, 0.2) is 0 Å². The number of pyridine rings is 1. The summed E-state index contributed by atoms with van der Waals surface area (Å²) in [4.78, 5) is 28.3. The van der Waals surface area contributed by atoms with Crippen molar-refractivity contribution in [3.05, 3.63) is 89.6 Å².